The highest BCUT2D eigenvalue weighted by Crippen LogP contribution is 2.39. The molecule has 0 saturated carbocycles. The van der Waals surface area contributed by atoms with Crippen molar-refractivity contribution < 1.29 is 14.6 Å². The summed E-state index contributed by atoms with van der Waals surface area (Å²) in [7, 11) is 0. The van der Waals surface area contributed by atoms with Gasteiger partial charge >= 0.3 is 5.97 Å². The van der Waals surface area contributed by atoms with Crippen molar-refractivity contribution in [2.24, 2.45) is 5.73 Å². The van der Waals surface area contributed by atoms with Crippen LogP contribution < -0.4 is 10.5 Å². The number of aliphatic carboxylic acids is 1. The van der Waals surface area contributed by atoms with Crippen LogP contribution in [0.5, 0.6) is 5.75 Å². The predicted octanol–water partition coefficient (Wildman–Crippen LogP) is 2.22. The Hall–Kier alpha value is -1.55. The van der Waals surface area contributed by atoms with Gasteiger partial charge in [-0.15, -0.1) is 0 Å². The molecule has 1 aliphatic rings. The Morgan fingerprint density at radius 3 is 2.94 bits per heavy atom. The minimum absolute atomic E-state index is 0.00212. The van der Waals surface area contributed by atoms with E-state index in [0.717, 1.165) is 16.9 Å². The number of fused-ring (bicyclic) bond motifs is 1. The van der Waals surface area contributed by atoms with Gasteiger partial charge in [0.15, 0.2) is 0 Å². The molecule has 1 aliphatic heterocycles. The molecule has 4 heteroatoms. The van der Waals surface area contributed by atoms with E-state index in [2.05, 4.69) is 19.9 Å². The van der Waals surface area contributed by atoms with Crippen molar-refractivity contribution in [1.82, 2.24) is 0 Å². The van der Waals surface area contributed by atoms with E-state index in [9.17, 15) is 4.79 Å². The third kappa shape index (κ3) is 2.48. The Morgan fingerprint density at radius 2 is 2.28 bits per heavy atom. The van der Waals surface area contributed by atoms with E-state index in [1.165, 1.54) is 0 Å². The molecule has 3 N–H and O–H groups in total. The van der Waals surface area contributed by atoms with E-state index >= 15 is 0 Å². The summed E-state index contributed by atoms with van der Waals surface area (Å²) in [4.78, 5) is 10.5. The van der Waals surface area contributed by atoms with Gasteiger partial charge in [-0.05, 0) is 24.1 Å². The lowest BCUT2D eigenvalue weighted by molar-refractivity contribution is -0.137. The zero-order valence-electron chi connectivity index (χ0n) is 10.8. The highest BCUT2D eigenvalue weighted by Gasteiger charge is 2.32. The molecule has 0 aromatic heterocycles. The molecule has 18 heavy (non-hydrogen) atoms. The molecular weight excluding hydrogens is 230 g/mol. The number of carboxylic acids is 1. The number of carbonyl (C=O) groups is 1. The van der Waals surface area contributed by atoms with Crippen LogP contribution in [0.1, 0.15) is 43.9 Å². The second kappa shape index (κ2) is 4.61. The van der Waals surface area contributed by atoms with Crippen molar-refractivity contribution >= 4 is 5.97 Å². The fourth-order valence-electron chi connectivity index (χ4n) is 2.21. The van der Waals surface area contributed by atoms with Crippen molar-refractivity contribution in [3.05, 3.63) is 29.3 Å². The standard InChI is InChI=1S/C14H19NO3/c1-14(2)8-18-12-5-3-9(7-10(12)14)11(15)4-6-13(16)17/h3,5,7,11H,4,6,8,15H2,1-2H3,(H,16,17). The molecule has 0 spiro atoms. The largest absolute Gasteiger partial charge is 0.492 e. The molecule has 0 saturated heterocycles. The number of nitrogens with two attached hydrogens (primary N) is 1. The molecule has 1 aromatic rings. The highest BCUT2D eigenvalue weighted by atomic mass is 16.5. The maximum Gasteiger partial charge on any atom is 0.303 e. The van der Waals surface area contributed by atoms with Gasteiger partial charge in [0.05, 0.1) is 6.61 Å². The van der Waals surface area contributed by atoms with Gasteiger partial charge in [-0.1, -0.05) is 19.9 Å². The molecule has 0 fully saturated rings. The Labute approximate surface area is 107 Å². The van der Waals surface area contributed by atoms with Crippen LogP contribution in [0.3, 0.4) is 0 Å². The summed E-state index contributed by atoms with van der Waals surface area (Å²) in [5.74, 6) is 0.101. The minimum atomic E-state index is -0.810. The van der Waals surface area contributed by atoms with Crippen LogP contribution in [0.15, 0.2) is 18.2 Å². The third-order valence-corrected chi connectivity index (χ3v) is 3.42. The fourth-order valence-corrected chi connectivity index (χ4v) is 2.21. The van der Waals surface area contributed by atoms with Crippen molar-refractivity contribution in [3.8, 4) is 5.75 Å². The van der Waals surface area contributed by atoms with Gasteiger partial charge in [0.1, 0.15) is 5.75 Å². The quantitative estimate of drug-likeness (QED) is 0.858. The smallest absolute Gasteiger partial charge is 0.303 e. The first kappa shape index (κ1) is 12.9. The van der Waals surface area contributed by atoms with Gasteiger partial charge in [-0.2, -0.15) is 0 Å². The summed E-state index contributed by atoms with van der Waals surface area (Å²) < 4.78 is 5.61. The molecule has 1 unspecified atom stereocenters. The predicted molar refractivity (Wildman–Crippen MR) is 68.8 cm³/mol. The molecule has 98 valence electrons. The number of rotatable bonds is 4. The van der Waals surface area contributed by atoms with Gasteiger partial charge in [-0.3, -0.25) is 4.79 Å². The lowest BCUT2D eigenvalue weighted by Crippen LogP contribution is -2.19. The number of hydrogen-bond donors (Lipinski definition) is 2. The molecular formula is C14H19NO3. The van der Waals surface area contributed by atoms with E-state index in [4.69, 9.17) is 15.6 Å². The van der Waals surface area contributed by atoms with E-state index < -0.39 is 5.97 Å². The summed E-state index contributed by atoms with van der Waals surface area (Å²) in [5.41, 5.74) is 8.16. The topological polar surface area (TPSA) is 72.5 Å². The van der Waals surface area contributed by atoms with Crippen molar-refractivity contribution in [2.45, 2.75) is 38.1 Å². The lowest BCUT2D eigenvalue weighted by Gasteiger charge is -2.17. The van der Waals surface area contributed by atoms with E-state index in [1.54, 1.807) is 0 Å². The first-order valence-corrected chi connectivity index (χ1v) is 6.15. The summed E-state index contributed by atoms with van der Waals surface area (Å²) in [6.45, 7) is 4.94. The summed E-state index contributed by atoms with van der Waals surface area (Å²) in [6.07, 6.45) is 0.549. The van der Waals surface area contributed by atoms with E-state index in [1.807, 2.05) is 12.1 Å². The summed E-state index contributed by atoms with van der Waals surface area (Å²) in [5, 5.41) is 8.67. The molecule has 0 bridgehead atoms. The molecule has 0 amide bonds. The zero-order valence-corrected chi connectivity index (χ0v) is 10.8. The van der Waals surface area contributed by atoms with E-state index in [-0.39, 0.29) is 17.9 Å². The van der Waals surface area contributed by atoms with Gasteiger partial charge in [0.25, 0.3) is 0 Å². The molecule has 1 aromatic carbocycles. The zero-order chi connectivity index (χ0) is 13.3. The van der Waals surface area contributed by atoms with Crippen LogP contribution in [0.25, 0.3) is 0 Å². The average molecular weight is 249 g/mol. The Morgan fingerprint density at radius 1 is 1.56 bits per heavy atom. The first-order chi connectivity index (χ1) is 8.40. The number of hydrogen-bond acceptors (Lipinski definition) is 3. The molecule has 1 heterocycles. The van der Waals surface area contributed by atoms with Gasteiger partial charge in [0, 0.05) is 23.4 Å². The maximum absolute atomic E-state index is 10.5. The summed E-state index contributed by atoms with van der Waals surface area (Å²) in [6, 6.07) is 5.67. The van der Waals surface area contributed by atoms with Crippen LogP contribution in [0.4, 0.5) is 0 Å². The highest BCUT2D eigenvalue weighted by molar-refractivity contribution is 5.66. The van der Waals surface area contributed by atoms with Gasteiger partial charge in [-0.25, -0.2) is 0 Å². The minimum Gasteiger partial charge on any atom is -0.492 e. The lowest BCUT2D eigenvalue weighted by atomic mass is 9.85. The third-order valence-electron chi connectivity index (χ3n) is 3.42. The molecule has 4 nitrogen and oxygen atoms in total. The van der Waals surface area contributed by atoms with Crippen LogP contribution in [0, 0.1) is 0 Å². The Bertz CT molecular complexity index is 468. The first-order valence-electron chi connectivity index (χ1n) is 6.15. The maximum atomic E-state index is 10.5. The summed E-state index contributed by atoms with van der Waals surface area (Å²) >= 11 is 0. The SMILES string of the molecule is CC1(C)COc2ccc(C(N)CCC(=O)O)cc21. The van der Waals surface area contributed by atoms with Gasteiger partial charge < -0.3 is 15.6 Å². The number of benzene rings is 1. The molecule has 1 atom stereocenters. The Kier molecular flexibility index (Phi) is 3.30. The second-order valence-corrected chi connectivity index (χ2v) is 5.47. The normalized spacial score (nSPS) is 17.9. The van der Waals surface area contributed by atoms with Crippen LogP contribution in [0.2, 0.25) is 0 Å². The van der Waals surface area contributed by atoms with Crippen LogP contribution >= 0.6 is 0 Å². The number of carboxylic acid groups (broad SMARTS) is 1. The molecule has 2 rings (SSSR count). The Balaban J connectivity index is 2.18. The monoisotopic (exact) mass is 249 g/mol. The van der Waals surface area contributed by atoms with Crippen LogP contribution in [-0.2, 0) is 10.2 Å². The second-order valence-electron chi connectivity index (χ2n) is 5.47. The van der Waals surface area contributed by atoms with Crippen molar-refractivity contribution in [1.29, 1.82) is 0 Å². The van der Waals surface area contributed by atoms with Gasteiger partial charge in [0.2, 0.25) is 0 Å². The average Bonchev–Trinajstić information content (AvgIpc) is 2.62. The van der Waals surface area contributed by atoms with Crippen molar-refractivity contribution in [2.75, 3.05) is 6.61 Å². The number of ether oxygens (including phenoxy) is 1. The fraction of sp³-hybridized carbons (Fsp3) is 0.500. The van der Waals surface area contributed by atoms with Crippen LogP contribution in [-0.4, -0.2) is 17.7 Å². The molecule has 0 radical (unpaired) electrons. The molecule has 0 aliphatic carbocycles. The van der Waals surface area contributed by atoms with Crippen molar-refractivity contribution in [3.63, 3.8) is 0 Å². The van der Waals surface area contributed by atoms with E-state index in [0.29, 0.717) is 13.0 Å².